The molecule has 0 bridgehead atoms. The first-order chi connectivity index (χ1) is 9.51. The minimum Gasteiger partial charge on any atom is -0.383 e. The van der Waals surface area contributed by atoms with E-state index in [1.807, 2.05) is 19.9 Å². The summed E-state index contributed by atoms with van der Waals surface area (Å²) in [7, 11) is 0. The zero-order chi connectivity index (χ0) is 14.9. The summed E-state index contributed by atoms with van der Waals surface area (Å²) >= 11 is 12.4. The van der Waals surface area contributed by atoms with Crippen LogP contribution in [-0.4, -0.2) is 4.98 Å². The van der Waals surface area contributed by atoms with Crippen molar-refractivity contribution in [1.29, 1.82) is 5.26 Å². The van der Waals surface area contributed by atoms with Crippen molar-refractivity contribution < 1.29 is 0 Å². The molecule has 20 heavy (non-hydrogen) atoms. The van der Waals surface area contributed by atoms with Gasteiger partial charge in [-0.1, -0.05) is 42.3 Å². The fraction of sp³-hybridized carbons (Fsp3) is 0.200. The Balaban J connectivity index is 2.92. The standard InChI is InChI=1S/C15H13Cl2N3/c1-3-9-8(2)20-15(19)11(7-18)13(9)10-5-4-6-12(16)14(10)17/h4-6H,3H2,1-2H3,(H2,19,20). The van der Waals surface area contributed by atoms with Gasteiger partial charge in [0.05, 0.1) is 10.0 Å². The molecule has 0 unspecified atom stereocenters. The molecule has 0 atom stereocenters. The molecule has 0 spiro atoms. The molecule has 0 saturated heterocycles. The van der Waals surface area contributed by atoms with Crippen LogP contribution >= 0.6 is 23.2 Å². The Morgan fingerprint density at radius 3 is 2.65 bits per heavy atom. The molecule has 0 aliphatic rings. The number of anilines is 1. The van der Waals surface area contributed by atoms with Crippen molar-refractivity contribution in [3.8, 4) is 17.2 Å². The number of aryl methyl sites for hydroxylation is 1. The maximum absolute atomic E-state index is 9.39. The van der Waals surface area contributed by atoms with E-state index in [2.05, 4.69) is 11.1 Å². The summed E-state index contributed by atoms with van der Waals surface area (Å²) in [5, 5.41) is 10.3. The molecular formula is C15H13Cl2N3. The highest BCUT2D eigenvalue weighted by Crippen LogP contribution is 2.39. The van der Waals surface area contributed by atoms with Crippen molar-refractivity contribution in [3.63, 3.8) is 0 Å². The van der Waals surface area contributed by atoms with Crippen molar-refractivity contribution in [2.75, 3.05) is 5.73 Å². The lowest BCUT2D eigenvalue weighted by Crippen LogP contribution is -2.05. The molecule has 102 valence electrons. The molecule has 2 rings (SSSR count). The lowest BCUT2D eigenvalue weighted by atomic mass is 9.93. The lowest BCUT2D eigenvalue weighted by Gasteiger charge is -2.16. The van der Waals surface area contributed by atoms with E-state index in [0.29, 0.717) is 21.2 Å². The number of nitriles is 1. The molecule has 3 nitrogen and oxygen atoms in total. The zero-order valence-corrected chi connectivity index (χ0v) is 12.7. The smallest absolute Gasteiger partial charge is 0.142 e. The van der Waals surface area contributed by atoms with Crippen LogP contribution in [0.3, 0.4) is 0 Å². The highest BCUT2D eigenvalue weighted by atomic mass is 35.5. The molecule has 0 radical (unpaired) electrons. The molecule has 0 amide bonds. The molecule has 0 saturated carbocycles. The molecular weight excluding hydrogens is 293 g/mol. The van der Waals surface area contributed by atoms with E-state index < -0.39 is 0 Å². The Morgan fingerprint density at radius 1 is 1.35 bits per heavy atom. The van der Waals surface area contributed by atoms with Crippen molar-refractivity contribution in [3.05, 3.63) is 45.1 Å². The molecule has 2 N–H and O–H groups in total. The van der Waals surface area contributed by atoms with Crippen LogP contribution in [0.4, 0.5) is 5.82 Å². The lowest BCUT2D eigenvalue weighted by molar-refractivity contribution is 1.05. The van der Waals surface area contributed by atoms with Gasteiger partial charge in [0.1, 0.15) is 17.5 Å². The number of hydrogen-bond acceptors (Lipinski definition) is 3. The van der Waals surface area contributed by atoms with E-state index >= 15 is 0 Å². The van der Waals surface area contributed by atoms with Crippen LogP contribution in [0.2, 0.25) is 10.0 Å². The van der Waals surface area contributed by atoms with Crippen LogP contribution in [0.5, 0.6) is 0 Å². The van der Waals surface area contributed by atoms with Crippen molar-refractivity contribution in [1.82, 2.24) is 4.98 Å². The first-order valence-corrected chi connectivity index (χ1v) is 6.90. The fourth-order valence-electron chi connectivity index (χ4n) is 2.30. The van der Waals surface area contributed by atoms with Gasteiger partial charge in [-0.25, -0.2) is 4.98 Å². The SMILES string of the molecule is CCc1c(C)nc(N)c(C#N)c1-c1cccc(Cl)c1Cl. The maximum atomic E-state index is 9.39. The Labute approximate surface area is 128 Å². The van der Waals surface area contributed by atoms with E-state index in [4.69, 9.17) is 28.9 Å². The number of hydrogen-bond donors (Lipinski definition) is 1. The number of halogens is 2. The molecule has 1 aromatic carbocycles. The zero-order valence-electron chi connectivity index (χ0n) is 11.2. The van der Waals surface area contributed by atoms with Crippen LogP contribution in [0.1, 0.15) is 23.7 Å². The van der Waals surface area contributed by atoms with Gasteiger partial charge >= 0.3 is 0 Å². The van der Waals surface area contributed by atoms with Gasteiger partial charge in [0.2, 0.25) is 0 Å². The highest BCUT2D eigenvalue weighted by molar-refractivity contribution is 6.43. The molecule has 5 heteroatoms. The minimum absolute atomic E-state index is 0.216. The van der Waals surface area contributed by atoms with Gasteiger partial charge in [-0.3, -0.25) is 0 Å². The second kappa shape index (κ2) is 5.70. The number of aromatic nitrogens is 1. The summed E-state index contributed by atoms with van der Waals surface area (Å²) in [5.41, 5.74) is 9.42. The molecule has 2 aromatic rings. The van der Waals surface area contributed by atoms with E-state index in [9.17, 15) is 5.26 Å². The fourth-order valence-corrected chi connectivity index (χ4v) is 2.70. The average Bonchev–Trinajstić information content (AvgIpc) is 2.41. The summed E-state index contributed by atoms with van der Waals surface area (Å²) in [6.45, 7) is 3.88. The second-order valence-corrected chi connectivity index (χ2v) is 5.16. The summed E-state index contributed by atoms with van der Waals surface area (Å²) in [5.74, 6) is 0.216. The van der Waals surface area contributed by atoms with Gasteiger partial charge < -0.3 is 5.73 Å². The first-order valence-electron chi connectivity index (χ1n) is 6.14. The molecule has 0 aliphatic carbocycles. The largest absolute Gasteiger partial charge is 0.383 e. The van der Waals surface area contributed by atoms with E-state index in [-0.39, 0.29) is 5.82 Å². The molecule has 1 heterocycles. The highest BCUT2D eigenvalue weighted by Gasteiger charge is 2.19. The first kappa shape index (κ1) is 14.6. The van der Waals surface area contributed by atoms with Crippen LogP contribution < -0.4 is 5.73 Å². The number of pyridine rings is 1. The second-order valence-electron chi connectivity index (χ2n) is 4.38. The number of benzene rings is 1. The van der Waals surface area contributed by atoms with Crippen LogP contribution in [-0.2, 0) is 6.42 Å². The number of nitrogen functional groups attached to an aromatic ring is 1. The molecule has 0 aliphatic heterocycles. The summed E-state index contributed by atoms with van der Waals surface area (Å²) in [6.07, 6.45) is 0.728. The molecule has 1 aromatic heterocycles. The molecule has 0 fully saturated rings. The van der Waals surface area contributed by atoms with E-state index in [1.165, 1.54) is 0 Å². The number of nitrogens with two attached hydrogens (primary N) is 1. The van der Waals surface area contributed by atoms with Gasteiger partial charge in [-0.15, -0.1) is 0 Å². The van der Waals surface area contributed by atoms with Crippen LogP contribution in [0.25, 0.3) is 11.1 Å². The third kappa shape index (κ3) is 2.33. The van der Waals surface area contributed by atoms with E-state index in [1.54, 1.807) is 12.1 Å². The third-order valence-electron chi connectivity index (χ3n) is 3.22. The van der Waals surface area contributed by atoms with Crippen LogP contribution in [0.15, 0.2) is 18.2 Å². The van der Waals surface area contributed by atoms with Crippen molar-refractivity contribution >= 4 is 29.0 Å². The third-order valence-corrected chi connectivity index (χ3v) is 4.04. The van der Waals surface area contributed by atoms with Gasteiger partial charge in [0.15, 0.2) is 0 Å². The maximum Gasteiger partial charge on any atom is 0.142 e. The normalized spacial score (nSPS) is 10.3. The predicted molar refractivity (Wildman–Crippen MR) is 82.9 cm³/mol. The predicted octanol–water partition coefficient (Wildman–Crippen LogP) is 4.38. The van der Waals surface area contributed by atoms with E-state index in [0.717, 1.165) is 23.2 Å². The summed E-state index contributed by atoms with van der Waals surface area (Å²) < 4.78 is 0. The minimum atomic E-state index is 0.216. The van der Waals surface area contributed by atoms with Crippen molar-refractivity contribution in [2.45, 2.75) is 20.3 Å². The Morgan fingerprint density at radius 2 is 2.05 bits per heavy atom. The van der Waals surface area contributed by atoms with Crippen LogP contribution in [0, 0.1) is 18.3 Å². The Hall–Kier alpha value is -1.76. The Bertz CT molecular complexity index is 718. The number of rotatable bonds is 2. The van der Waals surface area contributed by atoms with Gasteiger partial charge in [-0.05, 0) is 25.0 Å². The topological polar surface area (TPSA) is 62.7 Å². The van der Waals surface area contributed by atoms with Gasteiger partial charge in [0.25, 0.3) is 0 Å². The monoisotopic (exact) mass is 305 g/mol. The van der Waals surface area contributed by atoms with Gasteiger partial charge in [0, 0.05) is 16.8 Å². The summed E-state index contributed by atoms with van der Waals surface area (Å²) in [4.78, 5) is 4.23. The van der Waals surface area contributed by atoms with Gasteiger partial charge in [-0.2, -0.15) is 5.26 Å². The van der Waals surface area contributed by atoms with Crippen molar-refractivity contribution in [2.24, 2.45) is 0 Å². The quantitative estimate of drug-likeness (QED) is 0.895. The number of nitrogens with zero attached hydrogens (tertiary/aromatic N) is 2. The Kier molecular flexibility index (Phi) is 4.17. The summed E-state index contributed by atoms with van der Waals surface area (Å²) in [6, 6.07) is 7.47. The average molecular weight is 306 g/mol.